The van der Waals surface area contributed by atoms with Crippen molar-refractivity contribution in [3.8, 4) is 0 Å². The molecule has 1 atom stereocenters. The molecule has 2 fully saturated rings. The van der Waals surface area contributed by atoms with E-state index in [-0.39, 0.29) is 48.2 Å². The highest BCUT2D eigenvalue weighted by molar-refractivity contribution is 7.83. The molecule has 2 aromatic rings. The predicted molar refractivity (Wildman–Crippen MR) is 184 cm³/mol. The summed E-state index contributed by atoms with van der Waals surface area (Å²) in [5.74, 6) is -2.44. The Morgan fingerprint density at radius 3 is 2.32 bits per heavy atom. The number of piperidine rings is 2. The number of aromatic nitrogens is 1. The number of amides is 6. The van der Waals surface area contributed by atoms with Gasteiger partial charge in [0, 0.05) is 31.1 Å². The van der Waals surface area contributed by atoms with Crippen molar-refractivity contribution in [1.82, 2.24) is 25.4 Å². The number of nitrogens with zero attached hydrogens (tertiary/aromatic N) is 3. The minimum absolute atomic E-state index is 0.0479. The van der Waals surface area contributed by atoms with Gasteiger partial charge in [0.1, 0.15) is 6.04 Å². The smallest absolute Gasteiger partial charge is 0.264 e. The first-order chi connectivity index (χ1) is 24.2. The number of fused-ring (bicyclic) bond motifs is 1. The lowest BCUT2D eigenvalue weighted by Crippen LogP contribution is -2.54. The lowest BCUT2D eigenvalue weighted by Gasteiger charge is -2.30. The van der Waals surface area contributed by atoms with E-state index < -0.39 is 29.7 Å². The molecule has 0 bridgehead atoms. The SMILES string of the molecule is O=C(CN1CCC(C(=O)Nc2ncc(S)s2)CC1)NCCOCCOCCOCCNc1cccc2c1C(=O)N(C1CCC(=O)NC1=O)C2=O. The molecular weight excluding hydrogens is 691 g/mol. The highest BCUT2D eigenvalue weighted by atomic mass is 32.2. The first-order valence-electron chi connectivity index (χ1n) is 16.5. The topological polar surface area (TPSA) is 198 Å². The lowest BCUT2D eigenvalue weighted by atomic mass is 9.96. The Balaban J connectivity index is 0.854. The molecule has 16 nitrogen and oxygen atoms in total. The summed E-state index contributed by atoms with van der Waals surface area (Å²) in [7, 11) is 0. The summed E-state index contributed by atoms with van der Waals surface area (Å²) in [5.41, 5.74) is 0.871. The van der Waals surface area contributed by atoms with E-state index in [4.69, 9.17) is 14.2 Å². The fraction of sp³-hybridized carbons (Fsp3) is 0.531. The Bertz CT molecular complexity index is 1560. The first kappa shape index (κ1) is 37.3. The van der Waals surface area contributed by atoms with Crippen LogP contribution in [0.25, 0.3) is 0 Å². The summed E-state index contributed by atoms with van der Waals surface area (Å²) in [6, 6.07) is 3.86. The maximum absolute atomic E-state index is 13.2. The van der Waals surface area contributed by atoms with Gasteiger partial charge in [0.25, 0.3) is 11.8 Å². The number of likely N-dealkylation sites (tertiary alicyclic amines) is 1. The first-order valence-corrected chi connectivity index (χ1v) is 17.7. The van der Waals surface area contributed by atoms with E-state index in [1.54, 1.807) is 24.4 Å². The minimum Gasteiger partial charge on any atom is -0.382 e. The third kappa shape index (κ3) is 10.1. The van der Waals surface area contributed by atoms with Crippen molar-refractivity contribution in [1.29, 1.82) is 0 Å². The van der Waals surface area contributed by atoms with Crippen molar-refractivity contribution in [2.45, 2.75) is 35.9 Å². The molecule has 2 saturated heterocycles. The van der Waals surface area contributed by atoms with Crippen LogP contribution in [-0.4, -0.2) is 129 Å². The van der Waals surface area contributed by atoms with Crippen molar-refractivity contribution in [2.75, 3.05) is 83.0 Å². The van der Waals surface area contributed by atoms with Crippen molar-refractivity contribution in [3.05, 3.63) is 35.5 Å². The number of carbonyl (C=O) groups is 6. The number of hydrogen-bond donors (Lipinski definition) is 5. The molecule has 6 amide bonds. The summed E-state index contributed by atoms with van der Waals surface area (Å²) in [6.45, 7) is 4.47. The molecule has 270 valence electrons. The molecule has 1 aromatic carbocycles. The van der Waals surface area contributed by atoms with Gasteiger partial charge in [-0.25, -0.2) is 4.98 Å². The van der Waals surface area contributed by atoms with Crippen molar-refractivity contribution >= 4 is 70.2 Å². The molecule has 0 saturated carbocycles. The van der Waals surface area contributed by atoms with Gasteiger partial charge in [0.2, 0.25) is 23.6 Å². The Hall–Kier alpha value is -3.94. The van der Waals surface area contributed by atoms with E-state index in [0.717, 1.165) is 9.11 Å². The molecular formula is C32H41N7O9S2. The number of thiazole rings is 1. The third-order valence-electron chi connectivity index (χ3n) is 8.39. The van der Waals surface area contributed by atoms with E-state index >= 15 is 0 Å². The number of carbonyl (C=O) groups excluding carboxylic acids is 6. The van der Waals surface area contributed by atoms with Crippen LogP contribution in [-0.2, 0) is 33.4 Å². The normalized spacial score (nSPS) is 18.3. The zero-order chi connectivity index (χ0) is 35.5. The fourth-order valence-corrected chi connectivity index (χ4v) is 6.75. The van der Waals surface area contributed by atoms with E-state index in [0.29, 0.717) is 89.5 Å². The van der Waals surface area contributed by atoms with Gasteiger partial charge < -0.3 is 30.2 Å². The van der Waals surface area contributed by atoms with Gasteiger partial charge in [0.15, 0.2) is 5.13 Å². The van der Waals surface area contributed by atoms with Gasteiger partial charge in [-0.2, -0.15) is 0 Å². The Morgan fingerprint density at radius 1 is 0.940 bits per heavy atom. The number of rotatable bonds is 18. The highest BCUT2D eigenvalue weighted by Crippen LogP contribution is 2.32. The molecule has 0 radical (unpaired) electrons. The van der Waals surface area contributed by atoms with Gasteiger partial charge in [-0.1, -0.05) is 17.4 Å². The molecule has 1 unspecified atom stereocenters. The van der Waals surface area contributed by atoms with Gasteiger partial charge >= 0.3 is 0 Å². The van der Waals surface area contributed by atoms with E-state index in [2.05, 4.69) is 38.9 Å². The lowest BCUT2D eigenvalue weighted by molar-refractivity contribution is -0.136. The number of benzene rings is 1. The third-order valence-corrected chi connectivity index (χ3v) is 9.50. The Morgan fingerprint density at radius 2 is 1.64 bits per heavy atom. The van der Waals surface area contributed by atoms with Crippen LogP contribution >= 0.6 is 24.0 Å². The summed E-state index contributed by atoms with van der Waals surface area (Å²) >= 11 is 5.53. The summed E-state index contributed by atoms with van der Waals surface area (Å²) < 4.78 is 17.4. The molecule has 3 aliphatic heterocycles. The second-order valence-corrected chi connectivity index (χ2v) is 13.6. The van der Waals surface area contributed by atoms with Crippen LogP contribution in [0.2, 0.25) is 0 Å². The van der Waals surface area contributed by atoms with Crippen LogP contribution < -0.4 is 21.3 Å². The van der Waals surface area contributed by atoms with Gasteiger partial charge in [-0.3, -0.25) is 43.9 Å². The van der Waals surface area contributed by atoms with E-state index in [1.165, 1.54) is 11.3 Å². The second kappa shape index (κ2) is 18.3. The number of ether oxygens (including phenoxy) is 3. The Kier molecular flexibility index (Phi) is 13.7. The van der Waals surface area contributed by atoms with E-state index in [1.807, 2.05) is 4.90 Å². The maximum Gasteiger partial charge on any atom is 0.264 e. The summed E-state index contributed by atoms with van der Waals surface area (Å²) in [4.78, 5) is 81.7. The van der Waals surface area contributed by atoms with Crippen LogP contribution in [0, 0.1) is 5.92 Å². The fourth-order valence-electron chi connectivity index (χ4n) is 5.87. The molecule has 5 rings (SSSR count). The van der Waals surface area contributed by atoms with Crippen LogP contribution in [0.4, 0.5) is 10.8 Å². The monoisotopic (exact) mass is 731 g/mol. The zero-order valence-electron chi connectivity index (χ0n) is 27.4. The molecule has 4 heterocycles. The highest BCUT2D eigenvalue weighted by Gasteiger charge is 2.45. The molecule has 50 heavy (non-hydrogen) atoms. The summed E-state index contributed by atoms with van der Waals surface area (Å²) in [5, 5.41) is 11.5. The molecule has 0 spiro atoms. The maximum atomic E-state index is 13.2. The van der Waals surface area contributed by atoms with Gasteiger partial charge in [-0.15, -0.1) is 12.6 Å². The van der Waals surface area contributed by atoms with Crippen LogP contribution in [0.1, 0.15) is 46.4 Å². The van der Waals surface area contributed by atoms with Crippen LogP contribution in [0.15, 0.2) is 28.6 Å². The summed E-state index contributed by atoms with van der Waals surface area (Å²) in [6.07, 6.45) is 3.11. The van der Waals surface area contributed by atoms with Gasteiger partial charge in [-0.05, 0) is 44.5 Å². The average Bonchev–Trinajstić information content (AvgIpc) is 3.62. The van der Waals surface area contributed by atoms with Crippen LogP contribution in [0.3, 0.4) is 0 Å². The van der Waals surface area contributed by atoms with E-state index in [9.17, 15) is 28.8 Å². The average molecular weight is 732 g/mol. The molecule has 4 N–H and O–H groups in total. The molecule has 1 aromatic heterocycles. The van der Waals surface area contributed by atoms with Gasteiger partial charge in [0.05, 0.1) is 67.7 Å². The number of anilines is 2. The quantitative estimate of drug-likeness (QED) is 0.0822. The Labute approximate surface area is 298 Å². The standard InChI is InChI=1S/C32H41N7O9S2/c40-24-5-4-23(29(43)36-24)39-30(44)21-2-1-3-22(27(21)31(39)45)33-8-12-46-14-16-48-17-15-47-13-9-34-25(41)19-38-10-6-20(7-11-38)28(42)37-32-35-18-26(49)50-32/h1-3,18,20,23,33,49H,4-17,19H2,(H,34,41)(H,35,37,42)(H,36,40,43). The molecule has 3 aliphatic rings. The number of nitrogens with one attached hydrogen (secondary N) is 4. The van der Waals surface area contributed by atoms with Crippen molar-refractivity contribution in [3.63, 3.8) is 0 Å². The van der Waals surface area contributed by atoms with Crippen LogP contribution in [0.5, 0.6) is 0 Å². The molecule has 0 aliphatic carbocycles. The number of hydrogen-bond acceptors (Lipinski definition) is 14. The number of thiol groups is 1. The largest absolute Gasteiger partial charge is 0.382 e. The zero-order valence-corrected chi connectivity index (χ0v) is 29.2. The second-order valence-electron chi connectivity index (χ2n) is 11.8. The predicted octanol–water partition coefficient (Wildman–Crippen LogP) is 0.762. The minimum atomic E-state index is -1.02. The van der Waals surface area contributed by atoms with Crippen molar-refractivity contribution < 1.29 is 43.0 Å². The number of imide groups is 2. The molecule has 18 heteroatoms. The van der Waals surface area contributed by atoms with Crippen molar-refractivity contribution in [2.24, 2.45) is 5.92 Å².